The van der Waals surface area contributed by atoms with Crippen molar-refractivity contribution < 1.29 is 4.79 Å². The quantitative estimate of drug-likeness (QED) is 0.815. The summed E-state index contributed by atoms with van der Waals surface area (Å²) in [6.07, 6.45) is 1.10. The van der Waals surface area contributed by atoms with E-state index in [1.54, 1.807) is 12.1 Å². The predicted molar refractivity (Wildman–Crippen MR) is 90.3 cm³/mol. The van der Waals surface area contributed by atoms with Gasteiger partial charge in [0.25, 0.3) is 0 Å². The number of nitrogens with zero attached hydrogens (tertiary/aromatic N) is 2. The summed E-state index contributed by atoms with van der Waals surface area (Å²) in [5.41, 5.74) is 7.13. The van der Waals surface area contributed by atoms with Crippen LogP contribution in [0.2, 0.25) is 0 Å². The van der Waals surface area contributed by atoms with Crippen molar-refractivity contribution in [2.75, 3.05) is 44.3 Å². The van der Waals surface area contributed by atoms with E-state index in [0.717, 1.165) is 36.2 Å². The largest absolute Gasteiger partial charge is 0.399 e. The number of carbonyl (C=O) groups excluding carboxylic acids is 1. The number of hydrogen-bond acceptors (Lipinski definition) is 4. The molecular formula is C15H23BrN4O. The fourth-order valence-corrected chi connectivity index (χ4v) is 3.16. The molecule has 0 saturated carbocycles. The normalized spacial score (nSPS) is 21.0. The van der Waals surface area contributed by atoms with Crippen LogP contribution in [0.5, 0.6) is 0 Å². The maximum Gasteiger partial charge on any atom is 0.238 e. The summed E-state index contributed by atoms with van der Waals surface area (Å²) in [7, 11) is 2.13. The molecule has 0 aliphatic carbocycles. The molecule has 1 atom stereocenters. The van der Waals surface area contributed by atoms with Crippen molar-refractivity contribution in [2.24, 2.45) is 0 Å². The predicted octanol–water partition coefficient (Wildman–Crippen LogP) is 2.00. The summed E-state index contributed by atoms with van der Waals surface area (Å²) >= 11 is 3.42. The molecule has 5 nitrogen and oxygen atoms in total. The molecule has 116 valence electrons. The number of benzene rings is 1. The Morgan fingerprint density at radius 3 is 2.95 bits per heavy atom. The highest BCUT2D eigenvalue weighted by atomic mass is 79.9. The molecule has 0 bridgehead atoms. The van der Waals surface area contributed by atoms with E-state index in [0.29, 0.717) is 18.3 Å². The number of rotatable bonds is 3. The Morgan fingerprint density at radius 1 is 1.48 bits per heavy atom. The van der Waals surface area contributed by atoms with E-state index in [9.17, 15) is 4.79 Å². The van der Waals surface area contributed by atoms with Gasteiger partial charge in [-0.1, -0.05) is 0 Å². The third kappa shape index (κ3) is 4.69. The molecule has 3 N–H and O–H groups in total. The van der Waals surface area contributed by atoms with Crippen LogP contribution in [-0.4, -0.2) is 55.0 Å². The Labute approximate surface area is 134 Å². The molecular weight excluding hydrogens is 332 g/mol. The van der Waals surface area contributed by atoms with E-state index in [4.69, 9.17) is 5.73 Å². The van der Waals surface area contributed by atoms with E-state index in [1.807, 2.05) is 6.07 Å². The molecule has 21 heavy (non-hydrogen) atoms. The van der Waals surface area contributed by atoms with Gasteiger partial charge in [0.05, 0.1) is 12.2 Å². The van der Waals surface area contributed by atoms with Gasteiger partial charge in [-0.25, -0.2) is 0 Å². The lowest BCUT2D eigenvalue weighted by Gasteiger charge is -2.27. The summed E-state index contributed by atoms with van der Waals surface area (Å²) < 4.78 is 0.805. The number of nitrogen functional groups attached to an aromatic ring is 1. The smallest absolute Gasteiger partial charge is 0.238 e. The van der Waals surface area contributed by atoms with Gasteiger partial charge in [0.2, 0.25) is 5.91 Å². The summed E-state index contributed by atoms with van der Waals surface area (Å²) in [5.74, 6) is 0.0110. The molecule has 0 spiro atoms. The molecule has 1 aromatic carbocycles. The van der Waals surface area contributed by atoms with E-state index in [1.165, 1.54) is 0 Å². The monoisotopic (exact) mass is 354 g/mol. The SMILES string of the molecule is CC1CN(C)CCCN1CC(=O)Nc1ccc(N)cc1Br. The van der Waals surface area contributed by atoms with Gasteiger partial charge in [-0.3, -0.25) is 9.69 Å². The van der Waals surface area contributed by atoms with Crippen molar-refractivity contribution >= 4 is 33.2 Å². The molecule has 1 unspecified atom stereocenters. The summed E-state index contributed by atoms with van der Waals surface area (Å²) in [6, 6.07) is 5.78. The van der Waals surface area contributed by atoms with Gasteiger partial charge in [0.15, 0.2) is 0 Å². The summed E-state index contributed by atoms with van der Waals surface area (Å²) in [4.78, 5) is 16.8. The van der Waals surface area contributed by atoms with E-state index in [-0.39, 0.29) is 5.91 Å². The van der Waals surface area contributed by atoms with Gasteiger partial charge in [-0.05, 0) is 61.1 Å². The van der Waals surface area contributed by atoms with E-state index in [2.05, 4.69) is 45.0 Å². The number of amides is 1. The van der Waals surface area contributed by atoms with Crippen molar-refractivity contribution in [1.82, 2.24) is 9.80 Å². The Morgan fingerprint density at radius 2 is 2.24 bits per heavy atom. The number of halogens is 1. The minimum Gasteiger partial charge on any atom is -0.399 e. The number of anilines is 2. The highest BCUT2D eigenvalue weighted by Gasteiger charge is 2.21. The van der Waals surface area contributed by atoms with Crippen molar-refractivity contribution in [3.8, 4) is 0 Å². The van der Waals surface area contributed by atoms with Crippen LogP contribution in [0.25, 0.3) is 0 Å². The lowest BCUT2D eigenvalue weighted by atomic mass is 10.2. The molecule has 1 aromatic rings. The van der Waals surface area contributed by atoms with Crippen LogP contribution in [-0.2, 0) is 4.79 Å². The first-order valence-corrected chi connectivity index (χ1v) is 8.02. The number of nitrogens with two attached hydrogens (primary N) is 1. The lowest BCUT2D eigenvalue weighted by Crippen LogP contribution is -2.42. The maximum atomic E-state index is 12.2. The fourth-order valence-electron chi connectivity index (χ4n) is 2.66. The van der Waals surface area contributed by atoms with Crippen LogP contribution in [0.4, 0.5) is 11.4 Å². The van der Waals surface area contributed by atoms with Gasteiger partial charge in [0, 0.05) is 29.3 Å². The average molecular weight is 355 g/mol. The Balaban J connectivity index is 1.94. The number of nitrogens with one attached hydrogen (secondary N) is 1. The summed E-state index contributed by atoms with van der Waals surface area (Å²) in [5, 5.41) is 2.94. The average Bonchev–Trinajstić information content (AvgIpc) is 2.55. The molecule has 2 rings (SSSR count). The highest BCUT2D eigenvalue weighted by Crippen LogP contribution is 2.24. The number of hydrogen-bond donors (Lipinski definition) is 2. The molecule has 1 aliphatic rings. The molecule has 1 saturated heterocycles. The first kappa shape index (κ1) is 16.3. The van der Waals surface area contributed by atoms with Crippen molar-refractivity contribution in [1.29, 1.82) is 0 Å². The third-order valence-corrected chi connectivity index (χ3v) is 4.45. The third-order valence-electron chi connectivity index (χ3n) is 3.80. The van der Waals surface area contributed by atoms with Crippen molar-refractivity contribution in [3.63, 3.8) is 0 Å². The second-order valence-corrected chi connectivity index (χ2v) is 6.58. The van der Waals surface area contributed by atoms with E-state index >= 15 is 0 Å². The van der Waals surface area contributed by atoms with Crippen molar-refractivity contribution in [2.45, 2.75) is 19.4 Å². The molecule has 0 aromatic heterocycles. The first-order chi connectivity index (χ1) is 9.95. The molecule has 1 amide bonds. The van der Waals surface area contributed by atoms with Crippen LogP contribution in [0.3, 0.4) is 0 Å². The number of likely N-dealkylation sites (N-methyl/N-ethyl adjacent to an activating group) is 1. The standard InChI is InChI=1S/C15H23BrN4O/c1-11-9-19(2)6-3-7-20(11)10-15(21)18-14-5-4-12(17)8-13(14)16/h4-5,8,11H,3,6-7,9-10,17H2,1-2H3,(H,18,21). The molecule has 1 heterocycles. The molecule has 0 radical (unpaired) electrons. The van der Waals surface area contributed by atoms with Crippen molar-refractivity contribution in [3.05, 3.63) is 22.7 Å². The molecule has 6 heteroatoms. The lowest BCUT2D eigenvalue weighted by molar-refractivity contribution is -0.117. The first-order valence-electron chi connectivity index (χ1n) is 7.23. The van der Waals surface area contributed by atoms with Gasteiger partial charge in [-0.15, -0.1) is 0 Å². The number of carbonyl (C=O) groups is 1. The van der Waals surface area contributed by atoms with Gasteiger partial charge < -0.3 is 16.0 Å². The Hall–Kier alpha value is -1.11. The van der Waals surface area contributed by atoms with Gasteiger partial charge in [0.1, 0.15) is 0 Å². The van der Waals surface area contributed by atoms with Crippen LogP contribution >= 0.6 is 15.9 Å². The van der Waals surface area contributed by atoms with E-state index < -0.39 is 0 Å². The summed E-state index contributed by atoms with van der Waals surface area (Å²) in [6.45, 7) is 5.65. The minimum atomic E-state index is 0.0110. The van der Waals surface area contributed by atoms with Crippen LogP contribution < -0.4 is 11.1 Å². The van der Waals surface area contributed by atoms with Gasteiger partial charge in [-0.2, -0.15) is 0 Å². The van der Waals surface area contributed by atoms with Crippen LogP contribution in [0.1, 0.15) is 13.3 Å². The van der Waals surface area contributed by atoms with Crippen LogP contribution in [0.15, 0.2) is 22.7 Å². The minimum absolute atomic E-state index is 0.0110. The molecule has 1 aliphatic heterocycles. The van der Waals surface area contributed by atoms with Gasteiger partial charge >= 0.3 is 0 Å². The second kappa shape index (κ2) is 7.24. The fraction of sp³-hybridized carbons (Fsp3) is 0.533. The zero-order chi connectivity index (χ0) is 15.4. The zero-order valence-corrected chi connectivity index (χ0v) is 14.2. The van der Waals surface area contributed by atoms with Crippen LogP contribution in [0, 0.1) is 0 Å². The molecule has 1 fully saturated rings. The maximum absolute atomic E-state index is 12.2. The Kier molecular flexibility index (Phi) is 5.61. The second-order valence-electron chi connectivity index (χ2n) is 5.72. The topological polar surface area (TPSA) is 61.6 Å². The zero-order valence-electron chi connectivity index (χ0n) is 12.6. The Bertz CT molecular complexity index is 508. The highest BCUT2D eigenvalue weighted by molar-refractivity contribution is 9.10.